The van der Waals surface area contributed by atoms with Crippen LogP contribution in [-0.2, 0) is 39.5 Å². The van der Waals surface area contributed by atoms with Gasteiger partial charge >= 0.3 is 0 Å². The van der Waals surface area contributed by atoms with E-state index in [-0.39, 0.29) is 41.9 Å². The molecular weight excluding hydrogens is 602 g/mol. The Morgan fingerprint density at radius 1 is 0.933 bits per heavy atom. The molecule has 0 radical (unpaired) electrons. The van der Waals surface area contributed by atoms with Crippen LogP contribution in [0.4, 0.5) is 0 Å². The second kappa shape index (κ2) is 18.8. The Kier molecular flexibility index (Phi) is 17.0. The summed E-state index contributed by atoms with van der Waals surface area (Å²) in [5.74, 6) is -2.37. The van der Waals surface area contributed by atoms with Gasteiger partial charge in [-0.05, 0) is 44.7 Å². The largest absolute Gasteiger partial charge is 0.379 e. The Bertz CT molecular complexity index is 1050. The highest BCUT2D eigenvalue weighted by Crippen LogP contribution is 2.29. The van der Waals surface area contributed by atoms with Crippen LogP contribution < -0.4 is 10.0 Å². The van der Waals surface area contributed by atoms with Crippen LogP contribution >= 0.6 is 0 Å². The molecule has 1 aliphatic heterocycles. The van der Waals surface area contributed by atoms with Gasteiger partial charge in [0.2, 0.25) is 34.5 Å². The van der Waals surface area contributed by atoms with Crippen molar-refractivity contribution in [2.45, 2.75) is 111 Å². The van der Waals surface area contributed by atoms with Crippen molar-refractivity contribution in [2.75, 3.05) is 41.9 Å². The number of likely N-dealkylation sites (N-methyl/N-ethyl adjacent to an activating group) is 2. The van der Waals surface area contributed by atoms with E-state index in [9.17, 15) is 27.6 Å². The Labute approximate surface area is 272 Å². The van der Waals surface area contributed by atoms with E-state index >= 15 is 0 Å². The number of ether oxygens (including phenoxy) is 2. The lowest BCUT2D eigenvalue weighted by Crippen LogP contribution is -2.59. The third-order valence-electron chi connectivity index (χ3n) is 9.15. The van der Waals surface area contributed by atoms with Crippen molar-refractivity contribution < 1.29 is 37.1 Å². The molecule has 0 bridgehead atoms. The van der Waals surface area contributed by atoms with E-state index in [1.54, 1.807) is 23.8 Å². The molecule has 2 N–H and O–H groups in total. The number of carbonyl (C=O) groups is 4. The molecule has 1 heterocycles. The zero-order valence-electron chi connectivity index (χ0n) is 29.4. The van der Waals surface area contributed by atoms with Gasteiger partial charge in [-0.3, -0.25) is 28.8 Å². The Morgan fingerprint density at radius 2 is 1.53 bits per heavy atom. The number of hydrogen-bond donors (Lipinski definition) is 3. The Balaban J connectivity index is 3.28. The number of amides is 4. The summed E-state index contributed by atoms with van der Waals surface area (Å²) in [7, 11) is 5.23. The predicted octanol–water partition coefficient (Wildman–Crippen LogP) is 1.28. The van der Waals surface area contributed by atoms with Gasteiger partial charge in [-0.2, -0.15) is 0 Å². The van der Waals surface area contributed by atoms with Crippen molar-refractivity contribution >= 4 is 34.5 Å². The molecule has 4 amide bonds. The summed E-state index contributed by atoms with van der Waals surface area (Å²) < 4.78 is 35.6. The van der Waals surface area contributed by atoms with E-state index in [0.29, 0.717) is 19.4 Å². The van der Waals surface area contributed by atoms with E-state index in [0.717, 1.165) is 6.42 Å². The summed E-state index contributed by atoms with van der Waals surface area (Å²) in [5.41, 5.74) is 0. The van der Waals surface area contributed by atoms with Crippen LogP contribution in [0.25, 0.3) is 0 Å². The van der Waals surface area contributed by atoms with Crippen molar-refractivity contribution in [3.8, 4) is 0 Å². The zero-order chi connectivity index (χ0) is 34.8. The minimum Gasteiger partial charge on any atom is -0.379 e. The molecule has 0 aliphatic carbocycles. The molecule has 45 heavy (non-hydrogen) atoms. The summed E-state index contributed by atoms with van der Waals surface area (Å²) >= 11 is 0. The fourth-order valence-corrected chi connectivity index (χ4v) is 6.99. The molecule has 0 saturated carbocycles. The molecule has 2 unspecified atom stereocenters. The molecule has 8 atom stereocenters. The molecule has 262 valence electrons. The maximum Gasteiger partial charge on any atom is 0.245 e. The summed E-state index contributed by atoms with van der Waals surface area (Å²) in [6, 6.07) is -2.08. The molecular formula is C31H59N5O8S. The van der Waals surface area contributed by atoms with Crippen molar-refractivity contribution in [2.24, 2.45) is 23.7 Å². The van der Waals surface area contributed by atoms with Gasteiger partial charge in [-0.15, -0.1) is 0 Å². The average molecular weight is 662 g/mol. The first kappa shape index (κ1) is 40.7. The van der Waals surface area contributed by atoms with Gasteiger partial charge < -0.3 is 24.6 Å². The molecule has 0 spiro atoms. The van der Waals surface area contributed by atoms with E-state index < -0.39 is 59.1 Å². The van der Waals surface area contributed by atoms with Crippen LogP contribution in [0.5, 0.6) is 0 Å². The SMILES string of the molecule is CC[C@H](C)[C@@H]([C@@H](CC(=O)N1CCC[C@H]1[C@H](OC)[C@@H](C)C(=O)N[SH](=O)=O)OC)N(C)C(=O)C(NC(=O)C(C(C)C)N(C)C)C(C)C. The van der Waals surface area contributed by atoms with Crippen LogP contribution in [-0.4, -0.2) is 125 Å². The maximum atomic E-state index is 14.1. The highest BCUT2D eigenvalue weighted by molar-refractivity contribution is 7.71. The van der Waals surface area contributed by atoms with E-state index in [1.807, 2.05) is 65.3 Å². The quantitative estimate of drug-likeness (QED) is 0.184. The molecule has 13 nitrogen and oxygen atoms in total. The van der Waals surface area contributed by atoms with Crippen LogP contribution in [0.15, 0.2) is 0 Å². The molecule has 1 saturated heterocycles. The number of nitrogens with one attached hydrogen (secondary N) is 2. The Hall–Kier alpha value is -2.29. The van der Waals surface area contributed by atoms with Crippen molar-refractivity contribution in [1.29, 1.82) is 0 Å². The van der Waals surface area contributed by atoms with Gasteiger partial charge in [0.1, 0.15) is 6.04 Å². The highest BCUT2D eigenvalue weighted by Gasteiger charge is 2.43. The van der Waals surface area contributed by atoms with Crippen molar-refractivity contribution in [3.63, 3.8) is 0 Å². The standard InChI is InChI=1S/C31H59N5O8S/c1-13-20(6)27(35(10)31(40)25(18(2)3)32-30(39)26(19(4)5)34(8)9)23(43-11)17-24(37)36-16-14-15-22(36)28(44-12)21(7)29(38)33-45(41)42/h18-23,25-28,45H,13-17H2,1-12H3,(H,32,39)(H,33,38,41,42)/t20-,21+,22-,23+,25?,26?,27-,28+/m0/s1. The van der Waals surface area contributed by atoms with Gasteiger partial charge in [-0.25, -0.2) is 8.42 Å². The monoisotopic (exact) mass is 661 g/mol. The smallest absolute Gasteiger partial charge is 0.245 e. The molecule has 1 fully saturated rings. The second-order valence-corrected chi connectivity index (χ2v) is 13.9. The molecule has 0 aromatic heterocycles. The fourth-order valence-electron chi connectivity index (χ4n) is 6.60. The molecule has 14 heteroatoms. The van der Waals surface area contributed by atoms with Crippen molar-refractivity contribution in [3.05, 3.63) is 0 Å². The van der Waals surface area contributed by atoms with Gasteiger partial charge in [0.25, 0.3) is 0 Å². The number of thiol groups is 1. The summed E-state index contributed by atoms with van der Waals surface area (Å²) in [5, 5.41) is 3.00. The molecule has 0 aromatic rings. The Morgan fingerprint density at radius 3 is 1.98 bits per heavy atom. The average Bonchev–Trinajstić information content (AvgIpc) is 3.43. The number of hydrogen-bond acceptors (Lipinski definition) is 9. The second-order valence-electron chi connectivity index (χ2n) is 13.2. The van der Waals surface area contributed by atoms with Gasteiger partial charge in [0, 0.05) is 27.8 Å². The predicted molar refractivity (Wildman–Crippen MR) is 174 cm³/mol. The first-order chi connectivity index (χ1) is 20.9. The maximum absolute atomic E-state index is 14.1. The van der Waals surface area contributed by atoms with E-state index in [4.69, 9.17) is 9.47 Å². The van der Waals surface area contributed by atoms with Crippen LogP contribution in [0.3, 0.4) is 0 Å². The zero-order valence-corrected chi connectivity index (χ0v) is 30.3. The lowest BCUT2D eigenvalue weighted by molar-refractivity contribution is -0.148. The van der Waals surface area contributed by atoms with Gasteiger partial charge in [-0.1, -0.05) is 54.9 Å². The highest BCUT2D eigenvalue weighted by atomic mass is 32.2. The van der Waals surface area contributed by atoms with Crippen LogP contribution in [0, 0.1) is 23.7 Å². The van der Waals surface area contributed by atoms with Gasteiger partial charge in [0.15, 0.2) is 0 Å². The minimum atomic E-state index is -3.11. The first-order valence-corrected chi connectivity index (χ1v) is 17.2. The normalized spacial score (nSPS) is 20.1. The summed E-state index contributed by atoms with van der Waals surface area (Å²) in [4.78, 5) is 58.8. The van der Waals surface area contributed by atoms with E-state index in [1.165, 1.54) is 14.2 Å². The van der Waals surface area contributed by atoms with Crippen LogP contribution in [0.1, 0.15) is 74.1 Å². The van der Waals surface area contributed by atoms with Gasteiger partial charge in [0.05, 0.1) is 42.7 Å². The number of methoxy groups -OCH3 is 2. The number of rotatable bonds is 18. The third kappa shape index (κ3) is 10.9. The molecule has 1 aliphatic rings. The lowest BCUT2D eigenvalue weighted by Gasteiger charge is -2.41. The van der Waals surface area contributed by atoms with E-state index in [2.05, 4.69) is 5.32 Å². The first-order valence-electron chi connectivity index (χ1n) is 16.0. The topological polar surface area (TPSA) is 155 Å². The van der Waals surface area contributed by atoms with Crippen molar-refractivity contribution in [1.82, 2.24) is 24.7 Å². The fraction of sp³-hybridized carbons (Fsp3) is 0.871. The third-order valence-corrected chi connectivity index (χ3v) is 9.55. The number of carbonyl (C=O) groups excluding carboxylic acids is 4. The summed E-state index contributed by atoms with van der Waals surface area (Å²) in [6.07, 6.45) is 0.633. The molecule has 1 rings (SSSR count). The summed E-state index contributed by atoms with van der Waals surface area (Å²) in [6.45, 7) is 13.8. The van der Waals surface area contributed by atoms with Crippen LogP contribution in [0.2, 0.25) is 0 Å². The lowest BCUT2D eigenvalue weighted by atomic mass is 9.89. The minimum absolute atomic E-state index is 0.0161. The number of likely N-dealkylation sites (tertiary alicyclic amines) is 1. The molecule has 0 aromatic carbocycles. The number of nitrogens with zero attached hydrogens (tertiary/aromatic N) is 3.